The van der Waals surface area contributed by atoms with Crippen LogP contribution in [0.2, 0.25) is 0 Å². The number of amidine groups is 1. The van der Waals surface area contributed by atoms with E-state index in [4.69, 9.17) is 8.92 Å². The van der Waals surface area contributed by atoms with E-state index in [0.29, 0.717) is 23.7 Å². The van der Waals surface area contributed by atoms with Crippen molar-refractivity contribution >= 4 is 44.7 Å². The second kappa shape index (κ2) is 8.40. The quantitative estimate of drug-likeness (QED) is 0.556. The summed E-state index contributed by atoms with van der Waals surface area (Å²) in [5.41, 5.74) is 0.926. The predicted octanol–water partition coefficient (Wildman–Crippen LogP) is 3.27. The molecule has 11 heteroatoms. The van der Waals surface area contributed by atoms with Gasteiger partial charge in [0.2, 0.25) is 0 Å². The number of hydrogen-bond donors (Lipinski definition) is 2. The minimum absolute atomic E-state index is 0.0410. The first kappa shape index (κ1) is 19.8. The number of anilines is 1. The van der Waals surface area contributed by atoms with Crippen molar-refractivity contribution in [3.63, 3.8) is 0 Å². The molecule has 0 unspecified atom stereocenters. The van der Waals surface area contributed by atoms with Gasteiger partial charge in [-0.1, -0.05) is 6.07 Å². The summed E-state index contributed by atoms with van der Waals surface area (Å²) in [5.74, 6) is 0.660. The molecule has 148 valence electrons. The van der Waals surface area contributed by atoms with Crippen LogP contribution >= 0.6 is 11.9 Å². The summed E-state index contributed by atoms with van der Waals surface area (Å²) in [6.45, 7) is 2.29. The number of alkyl carbamates (subject to hydrolysis) is 1. The van der Waals surface area contributed by atoms with Crippen LogP contribution in [-0.4, -0.2) is 33.4 Å². The number of aliphatic imine (C=N–C) groups is 1. The van der Waals surface area contributed by atoms with Gasteiger partial charge in [0.15, 0.2) is 5.17 Å². The monoisotopic (exact) mass is 423 g/mol. The maximum Gasteiger partial charge on any atom is 0.412 e. The average Bonchev–Trinajstić information content (AvgIpc) is 2.67. The second-order valence-electron chi connectivity index (χ2n) is 5.36. The number of ether oxygens (including phenoxy) is 2. The van der Waals surface area contributed by atoms with E-state index in [-0.39, 0.29) is 15.8 Å². The summed E-state index contributed by atoms with van der Waals surface area (Å²) in [7, 11) is -2.82. The summed E-state index contributed by atoms with van der Waals surface area (Å²) in [5, 5.41) is 2.71. The molecule has 0 saturated carbocycles. The largest absolute Gasteiger partial charge is 0.494 e. The van der Waals surface area contributed by atoms with Crippen molar-refractivity contribution in [3.05, 3.63) is 42.5 Å². The first-order valence-electron chi connectivity index (χ1n) is 8.09. The van der Waals surface area contributed by atoms with Gasteiger partial charge in [-0.3, -0.25) is 5.32 Å². The summed E-state index contributed by atoms with van der Waals surface area (Å²) in [6.07, 6.45) is -0.654. The van der Waals surface area contributed by atoms with E-state index in [1.54, 1.807) is 12.1 Å². The van der Waals surface area contributed by atoms with E-state index in [1.165, 1.54) is 37.4 Å². The molecule has 0 bridgehead atoms. The molecular formula is C17H17N3O6S2. The summed E-state index contributed by atoms with van der Waals surface area (Å²) < 4.78 is 43.2. The third kappa shape index (κ3) is 4.67. The summed E-state index contributed by atoms with van der Waals surface area (Å²) in [4.78, 5) is 15.4. The molecule has 1 heterocycles. The Hall–Kier alpha value is -2.92. The Morgan fingerprint density at radius 2 is 2.00 bits per heavy atom. The maximum absolute atomic E-state index is 12.6. The third-order valence-electron chi connectivity index (χ3n) is 3.45. The number of hydrogen-bond acceptors (Lipinski definition) is 9. The fourth-order valence-electron chi connectivity index (χ4n) is 2.23. The van der Waals surface area contributed by atoms with E-state index in [9.17, 15) is 13.2 Å². The van der Waals surface area contributed by atoms with Crippen LogP contribution < -0.4 is 19.0 Å². The lowest BCUT2D eigenvalue weighted by atomic mass is 10.3. The number of methoxy groups -OCH3 is 1. The Labute approximate surface area is 166 Å². The van der Waals surface area contributed by atoms with Gasteiger partial charge in [0, 0.05) is 18.0 Å². The Balaban J connectivity index is 1.81. The van der Waals surface area contributed by atoms with E-state index < -0.39 is 16.2 Å². The molecule has 0 aliphatic carbocycles. The zero-order valence-electron chi connectivity index (χ0n) is 15.0. The normalized spacial score (nSPS) is 12.9. The summed E-state index contributed by atoms with van der Waals surface area (Å²) in [6, 6.07) is 10.7. The molecule has 3 rings (SSSR count). The van der Waals surface area contributed by atoms with Crippen LogP contribution in [0.4, 0.5) is 16.2 Å². The van der Waals surface area contributed by atoms with Crippen LogP contribution in [0.5, 0.6) is 11.5 Å². The number of benzene rings is 2. The molecule has 0 aromatic heterocycles. The highest BCUT2D eigenvalue weighted by Crippen LogP contribution is 2.35. The van der Waals surface area contributed by atoms with Crippen molar-refractivity contribution in [1.82, 2.24) is 5.32 Å². The van der Waals surface area contributed by atoms with Crippen molar-refractivity contribution in [2.45, 2.75) is 11.8 Å². The molecule has 9 nitrogen and oxygen atoms in total. The fourth-order valence-corrected chi connectivity index (χ4v) is 3.83. The lowest BCUT2D eigenvalue weighted by molar-refractivity contribution is 0.177. The maximum atomic E-state index is 12.6. The van der Waals surface area contributed by atoms with Gasteiger partial charge in [0.25, 0.3) is 0 Å². The number of rotatable bonds is 5. The van der Waals surface area contributed by atoms with Gasteiger partial charge in [-0.25, -0.2) is 9.79 Å². The van der Waals surface area contributed by atoms with Crippen molar-refractivity contribution in [2.24, 2.45) is 4.99 Å². The standard InChI is InChI=1S/C17H17N3O6S2/c1-3-25-11-5-4-6-12(9-11)26-28(22,23)13-7-8-14-15(10-13)20-27-16(18-14)19-17(21)24-2/h4-10,20H,3H2,1-2H3,(H,18,19,21). The topological polar surface area (TPSA) is 115 Å². The van der Waals surface area contributed by atoms with Crippen LogP contribution in [0.15, 0.2) is 52.4 Å². The molecule has 0 atom stereocenters. The minimum Gasteiger partial charge on any atom is -0.494 e. The number of carbonyl (C=O) groups is 1. The van der Waals surface area contributed by atoms with Crippen LogP contribution in [0, 0.1) is 0 Å². The minimum atomic E-state index is -4.06. The first-order chi connectivity index (χ1) is 13.4. The molecule has 28 heavy (non-hydrogen) atoms. The number of nitrogens with zero attached hydrogens (tertiary/aromatic N) is 1. The van der Waals surface area contributed by atoms with Gasteiger partial charge < -0.3 is 18.4 Å². The van der Waals surface area contributed by atoms with Crippen molar-refractivity contribution in [1.29, 1.82) is 0 Å². The Morgan fingerprint density at radius 3 is 2.75 bits per heavy atom. The molecule has 1 amide bonds. The summed E-state index contributed by atoms with van der Waals surface area (Å²) >= 11 is 1.02. The van der Waals surface area contributed by atoms with E-state index in [1.807, 2.05) is 6.92 Å². The van der Waals surface area contributed by atoms with Crippen molar-refractivity contribution < 1.29 is 26.9 Å². The van der Waals surface area contributed by atoms with E-state index >= 15 is 0 Å². The zero-order chi connectivity index (χ0) is 20.1. The predicted molar refractivity (Wildman–Crippen MR) is 106 cm³/mol. The second-order valence-corrected chi connectivity index (χ2v) is 7.70. The number of fused-ring (bicyclic) bond motifs is 1. The van der Waals surface area contributed by atoms with Gasteiger partial charge in [-0.2, -0.15) is 8.42 Å². The number of carbonyl (C=O) groups excluding carboxylic acids is 1. The highest BCUT2D eigenvalue weighted by atomic mass is 32.2. The van der Waals surface area contributed by atoms with Crippen LogP contribution in [-0.2, 0) is 14.9 Å². The number of nitrogens with one attached hydrogen (secondary N) is 2. The number of amides is 1. The fraction of sp³-hybridized carbons (Fsp3) is 0.176. The van der Waals surface area contributed by atoms with Crippen LogP contribution in [0.25, 0.3) is 0 Å². The molecule has 2 N–H and O–H groups in total. The lowest BCUT2D eigenvalue weighted by Crippen LogP contribution is -2.29. The van der Waals surface area contributed by atoms with Crippen molar-refractivity contribution in [2.75, 3.05) is 18.4 Å². The molecule has 0 radical (unpaired) electrons. The highest BCUT2D eigenvalue weighted by Gasteiger charge is 2.21. The van der Waals surface area contributed by atoms with E-state index in [0.717, 1.165) is 11.9 Å². The van der Waals surface area contributed by atoms with Crippen LogP contribution in [0.3, 0.4) is 0 Å². The molecule has 0 fully saturated rings. The van der Waals surface area contributed by atoms with Crippen LogP contribution in [0.1, 0.15) is 6.92 Å². The van der Waals surface area contributed by atoms with Gasteiger partial charge in [-0.05, 0) is 37.3 Å². The molecule has 0 spiro atoms. The molecular weight excluding hydrogens is 406 g/mol. The lowest BCUT2D eigenvalue weighted by Gasteiger charge is -2.17. The Morgan fingerprint density at radius 1 is 1.21 bits per heavy atom. The van der Waals surface area contributed by atoms with Crippen molar-refractivity contribution in [3.8, 4) is 11.5 Å². The Bertz CT molecular complexity index is 1020. The molecule has 1 aliphatic heterocycles. The first-order valence-corrected chi connectivity index (χ1v) is 10.3. The smallest absolute Gasteiger partial charge is 0.412 e. The SMILES string of the molecule is CCOc1cccc(OS(=O)(=O)c2ccc3c(c2)NSC(NC(=O)OC)=N3)c1. The zero-order valence-corrected chi connectivity index (χ0v) is 16.6. The van der Waals surface area contributed by atoms with Gasteiger partial charge in [-0.15, -0.1) is 0 Å². The average molecular weight is 423 g/mol. The third-order valence-corrected chi connectivity index (χ3v) is 5.41. The van der Waals surface area contributed by atoms with Gasteiger partial charge in [0.05, 0.1) is 25.1 Å². The van der Waals surface area contributed by atoms with Gasteiger partial charge in [0.1, 0.15) is 16.4 Å². The molecule has 1 aliphatic rings. The highest BCUT2D eigenvalue weighted by molar-refractivity contribution is 8.15. The van der Waals surface area contributed by atoms with Gasteiger partial charge >= 0.3 is 16.2 Å². The van der Waals surface area contributed by atoms with E-state index in [2.05, 4.69) is 19.8 Å². The molecule has 2 aromatic rings. The molecule has 2 aromatic carbocycles. The Kier molecular flexibility index (Phi) is 5.95. The molecule has 0 saturated heterocycles.